The van der Waals surface area contributed by atoms with Crippen molar-refractivity contribution >= 4 is 28.2 Å². The zero-order valence-corrected chi connectivity index (χ0v) is 17.2. The number of thiophene rings is 1. The lowest BCUT2D eigenvalue weighted by atomic mass is 9.89. The Labute approximate surface area is 169 Å². The Kier molecular flexibility index (Phi) is 6.15. The Bertz CT molecular complexity index is 955. The van der Waals surface area contributed by atoms with E-state index in [0.29, 0.717) is 16.5 Å². The van der Waals surface area contributed by atoms with E-state index < -0.39 is 11.9 Å². The number of anilines is 1. The van der Waals surface area contributed by atoms with E-state index in [1.165, 1.54) is 16.2 Å². The molecular weight excluding hydrogens is 372 g/mol. The van der Waals surface area contributed by atoms with E-state index in [9.17, 15) is 14.9 Å². The van der Waals surface area contributed by atoms with Gasteiger partial charge in [0.2, 0.25) is 0 Å². The number of carbonyl (C=O) groups is 2. The highest BCUT2D eigenvalue weighted by molar-refractivity contribution is 7.16. The summed E-state index contributed by atoms with van der Waals surface area (Å²) in [5, 5.41) is 12.8. The van der Waals surface area contributed by atoms with Crippen molar-refractivity contribution in [3.63, 3.8) is 0 Å². The van der Waals surface area contributed by atoms with Crippen LogP contribution in [0.1, 0.15) is 46.0 Å². The number of aryl methyl sites for hydroxylation is 2. The number of hydrogen-bond donors (Lipinski definition) is 1. The molecule has 0 saturated heterocycles. The summed E-state index contributed by atoms with van der Waals surface area (Å²) in [6.45, 7) is 5.85. The van der Waals surface area contributed by atoms with Crippen molar-refractivity contribution in [3.8, 4) is 6.07 Å². The third kappa shape index (κ3) is 4.60. The molecule has 28 heavy (non-hydrogen) atoms. The van der Waals surface area contributed by atoms with E-state index in [4.69, 9.17) is 4.74 Å². The summed E-state index contributed by atoms with van der Waals surface area (Å²) in [4.78, 5) is 25.4. The molecule has 5 nitrogen and oxygen atoms in total. The molecule has 6 heteroatoms. The molecule has 1 amide bonds. The van der Waals surface area contributed by atoms with E-state index in [1.807, 2.05) is 32.0 Å². The van der Waals surface area contributed by atoms with Gasteiger partial charge in [-0.05, 0) is 61.3 Å². The first kappa shape index (κ1) is 20.1. The van der Waals surface area contributed by atoms with Crippen LogP contribution in [-0.2, 0) is 33.6 Å². The predicted octanol–water partition coefficient (Wildman–Crippen LogP) is 4.09. The van der Waals surface area contributed by atoms with Gasteiger partial charge in [0.25, 0.3) is 5.91 Å². The van der Waals surface area contributed by atoms with Crippen LogP contribution in [0, 0.1) is 31.1 Å². The molecule has 0 saturated carbocycles. The standard InChI is InChI=1S/C22H24N2O3S/c1-13-4-7-17-18(11-23)22(28-19(17)8-13)24-20(25)12-27-21(26)10-16-6-5-14(2)15(3)9-16/h5-6,9,13H,4,7-8,10,12H2,1-3H3,(H,24,25)/t13-/m0/s1. The summed E-state index contributed by atoms with van der Waals surface area (Å²) in [7, 11) is 0. The van der Waals surface area contributed by atoms with Crippen molar-refractivity contribution in [2.24, 2.45) is 5.92 Å². The van der Waals surface area contributed by atoms with Crippen LogP contribution in [0.15, 0.2) is 18.2 Å². The molecule has 1 aliphatic rings. The lowest BCUT2D eigenvalue weighted by molar-refractivity contribution is -0.146. The highest BCUT2D eigenvalue weighted by Gasteiger charge is 2.24. The Morgan fingerprint density at radius 1 is 1.32 bits per heavy atom. The minimum Gasteiger partial charge on any atom is -0.455 e. The van der Waals surface area contributed by atoms with Gasteiger partial charge in [-0.2, -0.15) is 5.26 Å². The lowest BCUT2D eigenvalue weighted by Crippen LogP contribution is -2.21. The summed E-state index contributed by atoms with van der Waals surface area (Å²) in [5.41, 5.74) is 4.76. The molecule has 0 aliphatic heterocycles. The normalized spacial score (nSPS) is 15.4. The molecule has 0 radical (unpaired) electrons. The second-order valence-corrected chi connectivity index (χ2v) is 8.58. The molecule has 0 spiro atoms. The molecule has 1 heterocycles. The fourth-order valence-corrected chi connectivity index (χ4v) is 4.77. The average molecular weight is 397 g/mol. The van der Waals surface area contributed by atoms with Crippen molar-refractivity contribution in [1.29, 1.82) is 5.26 Å². The molecule has 1 atom stereocenters. The quantitative estimate of drug-likeness (QED) is 0.772. The van der Waals surface area contributed by atoms with Gasteiger partial charge in [-0.15, -0.1) is 11.3 Å². The summed E-state index contributed by atoms with van der Waals surface area (Å²) >= 11 is 1.46. The van der Waals surface area contributed by atoms with Crippen molar-refractivity contribution < 1.29 is 14.3 Å². The van der Waals surface area contributed by atoms with Gasteiger partial charge in [0.05, 0.1) is 12.0 Å². The maximum absolute atomic E-state index is 12.2. The van der Waals surface area contributed by atoms with Gasteiger partial charge in [-0.25, -0.2) is 0 Å². The molecular formula is C22H24N2O3S. The van der Waals surface area contributed by atoms with E-state index in [1.54, 1.807) is 0 Å². The minimum atomic E-state index is -0.446. The molecule has 2 aromatic rings. The van der Waals surface area contributed by atoms with E-state index >= 15 is 0 Å². The Morgan fingerprint density at radius 3 is 2.82 bits per heavy atom. The Balaban J connectivity index is 1.56. The molecule has 1 aliphatic carbocycles. The van der Waals surface area contributed by atoms with Crippen molar-refractivity contribution in [1.82, 2.24) is 0 Å². The Hall–Kier alpha value is -2.65. The van der Waals surface area contributed by atoms with Crippen LogP contribution in [0.25, 0.3) is 0 Å². The number of amides is 1. The second kappa shape index (κ2) is 8.57. The van der Waals surface area contributed by atoms with Gasteiger partial charge < -0.3 is 10.1 Å². The average Bonchev–Trinajstić information content (AvgIpc) is 2.99. The number of ether oxygens (including phenoxy) is 1. The minimum absolute atomic E-state index is 0.128. The van der Waals surface area contributed by atoms with Gasteiger partial charge in [0.15, 0.2) is 6.61 Å². The lowest BCUT2D eigenvalue weighted by Gasteiger charge is -2.17. The van der Waals surface area contributed by atoms with Gasteiger partial charge in [0, 0.05) is 4.88 Å². The second-order valence-electron chi connectivity index (χ2n) is 7.47. The third-order valence-corrected chi connectivity index (χ3v) is 6.33. The third-order valence-electron chi connectivity index (χ3n) is 5.16. The van der Waals surface area contributed by atoms with Gasteiger partial charge in [-0.1, -0.05) is 25.1 Å². The SMILES string of the molecule is Cc1ccc(CC(=O)OCC(=O)Nc2sc3c(c2C#N)CC[C@H](C)C3)cc1C. The maximum Gasteiger partial charge on any atom is 0.310 e. The highest BCUT2D eigenvalue weighted by atomic mass is 32.1. The van der Waals surface area contributed by atoms with E-state index in [-0.39, 0.29) is 13.0 Å². The number of fused-ring (bicyclic) bond motifs is 1. The summed E-state index contributed by atoms with van der Waals surface area (Å²) in [5.74, 6) is -0.276. The zero-order valence-electron chi connectivity index (χ0n) is 16.4. The van der Waals surface area contributed by atoms with Gasteiger partial charge >= 0.3 is 5.97 Å². The van der Waals surface area contributed by atoms with Crippen molar-refractivity contribution in [2.45, 2.75) is 46.5 Å². The first-order valence-corrected chi connectivity index (χ1v) is 10.2. The van der Waals surface area contributed by atoms with Crippen molar-refractivity contribution in [3.05, 3.63) is 50.9 Å². The van der Waals surface area contributed by atoms with Gasteiger partial charge in [-0.3, -0.25) is 9.59 Å². The molecule has 146 valence electrons. The summed E-state index contributed by atoms with van der Waals surface area (Å²) in [6, 6.07) is 8.03. The highest BCUT2D eigenvalue weighted by Crippen LogP contribution is 2.39. The van der Waals surface area contributed by atoms with Crippen LogP contribution in [0.2, 0.25) is 0 Å². The van der Waals surface area contributed by atoms with Crippen molar-refractivity contribution in [2.75, 3.05) is 11.9 Å². The monoisotopic (exact) mass is 396 g/mol. The maximum atomic E-state index is 12.2. The first-order chi connectivity index (χ1) is 13.4. The van der Waals surface area contributed by atoms with Crippen LogP contribution in [-0.4, -0.2) is 18.5 Å². The van der Waals surface area contributed by atoms with Crippen LogP contribution in [0.4, 0.5) is 5.00 Å². The largest absolute Gasteiger partial charge is 0.455 e. The molecule has 0 fully saturated rings. The summed E-state index contributed by atoms with van der Waals surface area (Å²) in [6.07, 6.45) is 3.00. The Morgan fingerprint density at radius 2 is 2.11 bits per heavy atom. The molecule has 1 aromatic heterocycles. The predicted molar refractivity (Wildman–Crippen MR) is 109 cm³/mol. The molecule has 0 bridgehead atoms. The number of nitriles is 1. The van der Waals surface area contributed by atoms with E-state index in [2.05, 4.69) is 18.3 Å². The molecule has 1 aromatic carbocycles. The molecule has 1 N–H and O–H groups in total. The molecule has 3 rings (SSSR count). The number of nitrogens with zero attached hydrogens (tertiary/aromatic N) is 1. The topological polar surface area (TPSA) is 79.2 Å². The van der Waals surface area contributed by atoms with Crippen LogP contribution >= 0.6 is 11.3 Å². The van der Waals surface area contributed by atoms with E-state index in [0.717, 1.165) is 41.5 Å². The van der Waals surface area contributed by atoms with Gasteiger partial charge in [0.1, 0.15) is 11.1 Å². The van der Waals surface area contributed by atoms with Crippen LogP contribution in [0.5, 0.6) is 0 Å². The zero-order chi connectivity index (χ0) is 20.3. The summed E-state index contributed by atoms with van der Waals surface area (Å²) < 4.78 is 5.11. The number of carbonyl (C=O) groups excluding carboxylic acids is 2. The number of hydrogen-bond acceptors (Lipinski definition) is 5. The molecule has 0 unspecified atom stereocenters. The smallest absolute Gasteiger partial charge is 0.310 e. The fourth-order valence-electron chi connectivity index (χ4n) is 3.40. The first-order valence-electron chi connectivity index (χ1n) is 9.43. The number of benzene rings is 1. The van der Waals surface area contributed by atoms with Crippen LogP contribution < -0.4 is 5.32 Å². The number of esters is 1. The number of nitrogens with one attached hydrogen (secondary N) is 1. The fraction of sp³-hybridized carbons (Fsp3) is 0.409. The number of rotatable bonds is 5. The van der Waals surface area contributed by atoms with Crippen LogP contribution in [0.3, 0.4) is 0 Å².